The maximum Gasteiger partial charge on any atom is 0.241 e. The van der Waals surface area contributed by atoms with Gasteiger partial charge in [0.1, 0.15) is 11.6 Å². The van der Waals surface area contributed by atoms with E-state index in [-0.39, 0.29) is 28.3 Å². The van der Waals surface area contributed by atoms with Crippen LogP contribution in [0, 0.1) is 11.6 Å². The molecule has 0 spiro atoms. The lowest BCUT2D eigenvalue weighted by Gasteiger charge is -2.14. The van der Waals surface area contributed by atoms with Crippen LogP contribution in [-0.4, -0.2) is 35.1 Å². The summed E-state index contributed by atoms with van der Waals surface area (Å²) in [6.07, 6.45) is -0.175. The minimum atomic E-state index is -4.05. The predicted octanol–water partition coefficient (Wildman–Crippen LogP) is 4.14. The van der Waals surface area contributed by atoms with E-state index in [2.05, 4.69) is 10.0 Å². The van der Waals surface area contributed by atoms with Gasteiger partial charge in [0.25, 0.3) is 0 Å². The van der Waals surface area contributed by atoms with Gasteiger partial charge in [0.2, 0.25) is 15.9 Å². The second-order valence-electron chi connectivity index (χ2n) is 7.07. The molecular weight excluding hydrogens is 490 g/mol. The zero-order valence-electron chi connectivity index (χ0n) is 18.2. The van der Waals surface area contributed by atoms with Gasteiger partial charge in [-0.2, -0.15) is 0 Å². The number of hydrogen-bond acceptors (Lipinski definition) is 5. The Balaban J connectivity index is 1.74. The molecule has 0 unspecified atom stereocenters. The number of nitrogens with one attached hydrogen (secondary N) is 2. The fourth-order valence-electron chi connectivity index (χ4n) is 3.14. The number of anilines is 1. The topological polar surface area (TPSA) is 93.7 Å². The number of carbonyl (C=O) groups is 1. The van der Waals surface area contributed by atoms with Crippen LogP contribution in [0.3, 0.4) is 0 Å². The number of ether oxygens (including phenoxy) is 2. The van der Waals surface area contributed by atoms with Crippen LogP contribution in [-0.2, 0) is 21.2 Å². The van der Waals surface area contributed by atoms with Crippen LogP contribution >= 0.6 is 11.6 Å². The molecule has 34 heavy (non-hydrogen) atoms. The second kappa shape index (κ2) is 10.8. The van der Waals surface area contributed by atoms with E-state index >= 15 is 0 Å². The largest absolute Gasteiger partial charge is 0.493 e. The number of benzene rings is 3. The lowest BCUT2D eigenvalue weighted by atomic mass is 10.0. The predicted molar refractivity (Wildman–Crippen MR) is 124 cm³/mol. The van der Waals surface area contributed by atoms with E-state index < -0.39 is 34.1 Å². The molecule has 0 aliphatic heterocycles. The van der Waals surface area contributed by atoms with Gasteiger partial charge in [-0.3, -0.25) is 4.79 Å². The van der Waals surface area contributed by atoms with Crippen molar-refractivity contribution in [2.24, 2.45) is 0 Å². The first kappa shape index (κ1) is 25.4. The molecular formula is C23H21ClF2N2O5S. The van der Waals surface area contributed by atoms with Gasteiger partial charge in [0.15, 0.2) is 11.5 Å². The summed E-state index contributed by atoms with van der Waals surface area (Å²) in [7, 11) is -1.26. The molecule has 0 saturated carbocycles. The van der Waals surface area contributed by atoms with Gasteiger partial charge in [-0.25, -0.2) is 21.9 Å². The molecule has 0 atom stereocenters. The Kier molecular flexibility index (Phi) is 8.08. The third-order valence-corrected chi connectivity index (χ3v) is 6.49. The van der Waals surface area contributed by atoms with Crippen molar-refractivity contribution in [3.8, 4) is 11.5 Å². The molecule has 0 bridgehead atoms. The molecule has 2 N–H and O–H groups in total. The lowest BCUT2D eigenvalue weighted by molar-refractivity contribution is -0.115. The molecule has 1 amide bonds. The van der Waals surface area contributed by atoms with Gasteiger partial charge in [-0.1, -0.05) is 17.7 Å². The van der Waals surface area contributed by atoms with Gasteiger partial charge in [0.05, 0.1) is 25.7 Å². The smallest absolute Gasteiger partial charge is 0.241 e. The van der Waals surface area contributed by atoms with Crippen LogP contribution in [0.15, 0.2) is 59.5 Å². The van der Waals surface area contributed by atoms with Gasteiger partial charge in [-0.05, 0) is 48.0 Å². The molecule has 180 valence electrons. The summed E-state index contributed by atoms with van der Waals surface area (Å²) in [5.41, 5.74) is 0.407. The SMILES string of the molecule is COc1ccc(S(=O)(=O)NCC(=O)Nc2ccc(Cl)cc2Cc2c(F)cccc2F)cc1OC. The highest BCUT2D eigenvalue weighted by molar-refractivity contribution is 7.89. The molecule has 3 aromatic carbocycles. The Morgan fingerprint density at radius 1 is 0.971 bits per heavy atom. The van der Waals surface area contributed by atoms with E-state index in [1.54, 1.807) is 0 Å². The van der Waals surface area contributed by atoms with E-state index in [0.717, 1.165) is 12.1 Å². The number of halogens is 3. The maximum atomic E-state index is 14.1. The van der Waals surface area contributed by atoms with Crippen LogP contribution < -0.4 is 19.5 Å². The average Bonchev–Trinajstić information content (AvgIpc) is 2.81. The molecule has 0 radical (unpaired) electrons. The first-order valence-corrected chi connectivity index (χ1v) is 11.7. The first-order valence-electron chi connectivity index (χ1n) is 9.87. The minimum Gasteiger partial charge on any atom is -0.493 e. The highest BCUT2D eigenvalue weighted by atomic mass is 35.5. The Morgan fingerprint density at radius 3 is 2.29 bits per heavy atom. The van der Waals surface area contributed by atoms with Crippen LogP contribution in [0.2, 0.25) is 5.02 Å². The maximum absolute atomic E-state index is 14.1. The summed E-state index contributed by atoms with van der Waals surface area (Å²) in [5, 5.41) is 2.85. The van der Waals surface area contributed by atoms with Crippen molar-refractivity contribution in [2.75, 3.05) is 26.1 Å². The summed E-state index contributed by atoms with van der Waals surface area (Å²) in [6, 6.07) is 11.9. The highest BCUT2D eigenvalue weighted by Gasteiger charge is 2.19. The molecule has 0 fully saturated rings. The molecule has 0 saturated heterocycles. The third-order valence-electron chi connectivity index (χ3n) is 4.86. The van der Waals surface area contributed by atoms with Crippen LogP contribution in [0.4, 0.5) is 14.5 Å². The van der Waals surface area contributed by atoms with Gasteiger partial charge in [-0.15, -0.1) is 0 Å². The molecule has 0 aromatic heterocycles. The molecule has 7 nitrogen and oxygen atoms in total. The van der Waals surface area contributed by atoms with Crippen molar-refractivity contribution in [1.82, 2.24) is 4.72 Å². The number of methoxy groups -OCH3 is 2. The zero-order chi connectivity index (χ0) is 24.9. The first-order chi connectivity index (χ1) is 16.1. The van der Waals surface area contributed by atoms with Crippen molar-refractivity contribution in [1.29, 1.82) is 0 Å². The van der Waals surface area contributed by atoms with Gasteiger partial charge in [0, 0.05) is 28.8 Å². The number of sulfonamides is 1. The normalized spacial score (nSPS) is 11.2. The van der Waals surface area contributed by atoms with Crippen molar-refractivity contribution in [3.05, 3.63) is 82.4 Å². The van der Waals surface area contributed by atoms with E-state index in [4.69, 9.17) is 21.1 Å². The fraction of sp³-hybridized carbons (Fsp3) is 0.174. The Morgan fingerprint density at radius 2 is 1.65 bits per heavy atom. The van der Waals surface area contributed by atoms with Gasteiger partial charge >= 0.3 is 0 Å². The fourth-order valence-corrected chi connectivity index (χ4v) is 4.34. The Hall–Kier alpha value is -3.21. The van der Waals surface area contributed by atoms with E-state index in [1.165, 1.54) is 56.7 Å². The summed E-state index contributed by atoms with van der Waals surface area (Å²) < 4.78 is 65.8. The van der Waals surface area contributed by atoms with Crippen LogP contribution in [0.5, 0.6) is 11.5 Å². The van der Waals surface area contributed by atoms with Crippen molar-refractivity contribution >= 4 is 33.2 Å². The molecule has 0 aliphatic rings. The minimum absolute atomic E-state index is 0.125. The highest BCUT2D eigenvalue weighted by Crippen LogP contribution is 2.29. The van der Waals surface area contributed by atoms with Gasteiger partial charge < -0.3 is 14.8 Å². The van der Waals surface area contributed by atoms with Crippen LogP contribution in [0.1, 0.15) is 11.1 Å². The molecule has 0 heterocycles. The standard InChI is InChI=1S/C23H21ClF2N2O5S/c1-32-21-9-7-16(12-22(21)33-2)34(30,31)27-13-23(29)28-20-8-6-15(24)10-14(20)11-17-18(25)4-3-5-19(17)26/h3-10,12,27H,11,13H2,1-2H3,(H,28,29). The van der Waals surface area contributed by atoms with Crippen molar-refractivity contribution in [3.63, 3.8) is 0 Å². The monoisotopic (exact) mass is 510 g/mol. The zero-order valence-corrected chi connectivity index (χ0v) is 19.8. The quantitative estimate of drug-likeness (QED) is 0.451. The molecule has 0 aliphatic carbocycles. The number of carbonyl (C=O) groups excluding carboxylic acids is 1. The third kappa shape index (κ3) is 6.02. The molecule has 11 heteroatoms. The lowest BCUT2D eigenvalue weighted by Crippen LogP contribution is -2.33. The summed E-state index contributed by atoms with van der Waals surface area (Å²) in [6.45, 7) is -0.590. The summed E-state index contributed by atoms with van der Waals surface area (Å²) >= 11 is 6.02. The van der Waals surface area contributed by atoms with Crippen molar-refractivity contribution in [2.45, 2.75) is 11.3 Å². The summed E-state index contributed by atoms with van der Waals surface area (Å²) in [4.78, 5) is 12.3. The van der Waals surface area contributed by atoms with Crippen LogP contribution in [0.25, 0.3) is 0 Å². The number of rotatable bonds is 9. The molecule has 3 rings (SSSR count). The van der Waals surface area contributed by atoms with Crippen molar-refractivity contribution < 1.29 is 31.5 Å². The van der Waals surface area contributed by atoms with E-state index in [1.807, 2.05) is 0 Å². The Labute approximate surface area is 200 Å². The summed E-state index contributed by atoms with van der Waals surface area (Å²) in [5.74, 6) is -1.61. The average molecular weight is 511 g/mol. The Bertz CT molecular complexity index is 1300. The number of hydrogen-bond donors (Lipinski definition) is 2. The van der Waals surface area contributed by atoms with E-state index in [9.17, 15) is 22.0 Å². The van der Waals surface area contributed by atoms with E-state index in [0.29, 0.717) is 16.3 Å². The molecule has 3 aromatic rings. The second-order valence-corrected chi connectivity index (χ2v) is 9.27. The number of amides is 1.